The van der Waals surface area contributed by atoms with Crippen molar-refractivity contribution in [1.82, 2.24) is 9.97 Å². The van der Waals surface area contributed by atoms with Gasteiger partial charge in [0.1, 0.15) is 16.7 Å². The van der Waals surface area contributed by atoms with Crippen LogP contribution in [-0.4, -0.2) is 9.97 Å². The first-order valence-corrected chi connectivity index (χ1v) is 10.8. The standard InChI is InChI=1S/C28H17N3O2/c1-2-7-18(8-3-1)31(19-13-14-23-21(17-19)27-25(32-23)12-6-15-29-27)22-10-4-11-24-26(22)20-9-5-16-30-28(20)33-24/h1-17H. The number of anilines is 3. The van der Waals surface area contributed by atoms with Crippen LogP contribution in [0.2, 0.25) is 0 Å². The zero-order valence-electron chi connectivity index (χ0n) is 17.5. The highest BCUT2D eigenvalue weighted by Crippen LogP contribution is 2.43. The van der Waals surface area contributed by atoms with Gasteiger partial charge in [-0.25, -0.2) is 4.98 Å². The van der Waals surface area contributed by atoms with E-state index >= 15 is 0 Å². The lowest BCUT2D eigenvalue weighted by Crippen LogP contribution is -2.10. The van der Waals surface area contributed by atoms with E-state index in [-0.39, 0.29) is 0 Å². The predicted octanol–water partition coefficient (Wildman–Crippen LogP) is 7.75. The van der Waals surface area contributed by atoms with Crippen LogP contribution >= 0.6 is 0 Å². The van der Waals surface area contributed by atoms with Gasteiger partial charge in [-0.05, 0) is 66.7 Å². The Kier molecular flexibility index (Phi) is 3.78. The average Bonchev–Trinajstić information content (AvgIpc) is 3.43. The number of furan rings is 2. The minimum atomic E-state index is 0.633. The third-order valence-corrected chi connectivity index (χ3v) is 5.97. The molecule has 0 aliphatic carbocycles. The summed E-state index contributed by atoms with van der Waals surface area (Å²) in [6, 6.07) is 30.5. The summed E-state index contributed by atoms with van der Waals surface area (Å²) in [4.78, 5) is 11.2. The topological polar surface area (TPSA) is 55.3 Å². The van der Waals surface area contributed by atoms with Crippen molar-refractivity contribution in [2.45, 2.75) is 0 Å². The van der Waals surface area contributed by atoms with Crippen molar-refractivity contribution < 1.29 is 8.83 Å². The van der Waals surface area contributed by atoms with E-state index in [0.717, 1.165) is 55.5 Å². The van der Waals surface area contributed by atoms with E-state index < -0.39 is 0 Å². The molecule has 0 aliphatic heterocycles. The van der Waals surface area contributed by atoms with Crippen LogP contribution in [0.15, 0.2) is 112 Å². The van der Waals surface area contributed by atoms with Crippen LogP contribution in [0.3, 0.4) is 0 Å². The van der Waals surface area contributed by atoms with Crippen molar-refractivity contribution in [3.8, 4) is 0 Å². The summed E-state index contributed by atoms with van der Waals surface area (Å²) in [5, 5.41) is 3.00. The Balaban J connectivity index is 1.55. The van der Waals surface area contributed by atoms with E-state index in [9.17, 15) is 0 Å². The molecule has 7 aromatic rings. The number of rotatable bonds is 3. The molecule has 0 radical (unpaired) electrons. The number of para-hydroxylation sites is 1. The second kappa shape index (κ2) is 6.93. The third-order valence-electron chi connectivity index (χ3n) is 5.97. The fourth-order valence-electron chi connectivity index (χ4n) is 4.56. The molecule has 0 fully saturated rings. The van der Waals surface area contributed by atoms with Gasteiger partial charge in [-0.1, -0.05) is 24.3 Å². The number of fused-ring (bicyclic) bond motifs is 6. The maximum atomic E-state index is 6.07. The van der Waals surface area contributed by atoms with Crippen LogP contribution in [0.1, 0.15) is 0 Å². The van der Waals surface area contributed by atoms with Gasteiger partial charge in [-0.3, -0.25) is 4.98 Å². The number of nitrogens with zero attached hydrogens (tertiary/aromatic N) is 3. The van der Waals surface area contributed by atoms with Crippen LogP contribution in [0.4, 0.5) is 17.1 Å². The van der Waals surface area contributed by atoms with Gasteiger partial charge in [0, 0.05) is 29.2 Å². The van der Waals surface area contributed by atoms with Crippen molar-refractivity contribution in [3.63, 3.8) is 0 Å². The molecule has 0 saturated heterocycles. The monoisotopic (exact) mass is 427 g/mol. The molecule has 0 unspecified atom stereocenters. The molecule has 0 N–H and O–H groups in total. The Morgan fingerprint density at radius 2 is 1.42 bits per heavy atom. The molecule has 4 aromatic heterocycles. The Morgan fingerprint density at radius 3 is 2.36 bits per heavy atom. The molecule has 5 nitrogen and oxygen atoms in total. The van der Waals surface area contributed by atoms with Gasteiger partial charge >= 0.3 is 0 Å². The molecule has 0 amide bonds. The molecule has 156 valence electrons. The summed E-state index contributed by atoms with van der Waals surface area (Å²) in [6.45, 7) is 0. The van der Waals surface area contributed by atoms with E-state index in [1.807, 2.05) is 54.6 Å². The predicted molar refractivity (Wildman–Crippen MR) is 131 cm³/mol. The van der Waals surface area contributed by atoms with Crippen molar-refractivity contribution >= 4 is 61.2 Å². The maximum absolute atomic E-state index is 6.07. The molecule has 0 bridgehead atoms. The zero-order chi connectivity index (χ0) is 21.8. The van der Waals surface area contributed by atoms with Gasteiger partial charge in [0.2, 0.25) is 5.71 Å². The number of aromatic nitrogens is 2. The minimum Gasteiger partial charge on any atom is -0.454 e. The molecule has 5 heteroatoms. The quantitative estimate of drug-likeness (QED) is 0.289. The summed E-state index contributed by atoms with van der Waals surface area (Å²) >= 11 is 0. The van der Waals surface area contributed by atoms with E-state index in [0.29, 0.717) is 5.71 Å². The molecule has 0 atom stereocenters. The molecule has 0 spiro atoms. The summed E-state index contributed by atoms with van der Waals surface area (Å²) in [5.74, 6) is 0. The van der Waals surface area contributed by atoms with E-state index in [2.05, 4.69) is 51.3 Å². The fraction of sp³-hybridized carbons (Fsp3) is 0. The van der Waals surface area contributed by atoms with Gasteiger partial charge in [0.15, 0.2) is 5.58 Å². The van der Waals surface area contributed by atoms with E-state index in [1.165, 1.54) is 0 Å². The van der Waals surface area contributed by atoms with E-state index in [4.69, 9.17) is 8.83 Å². The lowest BCUT2D eigenvalue weighted by Gasteiger charge is -2.26. The molecule has 33 heavy (non-hydrogen) atoms. The summed E-state index contributed by atoms with van der Waals surface area (Å²) < 4.78 is 12.1. The lowest BCUT2D eigenvalue weighted by atomic mass is 10.1. The largest absolute Gasteiger partial charge is 0.454 e. The van der Waals surface area contributed by atoms with E-state index in [1.54, 1.807) is 12.4 Å². The summed E-state index contributed by atoms with van der Waals surface area (Å²) in [6.07, 6.45) is 3.55. The van der Waals surface area contributed by atoms with Crippen molar-refractivity contribution in [2.24, 2.45) is 0 Å². The number of hydrogen-bond donors (Lipinski definition) is 0. The highest BCUT2D eigenvalue weighted by Gasteiger charge is 2.20. The second-order valence-corrected chi connectivity index (χ2v) is 7.91. The SMILES string of the molecule is c1ccc(N(c2ccc3oc4cccnc4c3c2)c2cccc3oc4ncccc4c23)cc1. The van der Waals surface area contributed by atoms with Crippen LogP contribution in [-0.2, 0) is 0 Å². The number of hydrogen-bond acceptors (Lipinski definition) is 5. The fourth-order valence-corrected chi connectivity index (χ4v) is 4.56. The van der Waals surface area contributed by atoms with Gasteiger partial charge in [0.25, 0.3) is 0 Å². The van der Waals surface area contributed by atoms with Crippen molar-refractivity contribution in [1.29, 1.82) is 0 Å². The molecular weight excluding hydrogens is 410 g/mol. The van der Waals surface area contributed by atoms with Gasteiger partial charge in [-0.15, -0.1) is 0 Å². The Hall–Kier alpha value is -4.64. The molecule has 7 rings (SSSR count). The van der Waals surface area contributed by atoms with Crippen molar-refractivity contribution in [3.05, 3.63) is 103 Å². The zero-order valence-corrected chi connectivity index (χ0v) is 17.5. The van der Waals surface area contributed by atoms with Gasteiger partial charge < -0.3 is 13.7 Å². The number of benzene rings is 3. The van der Waals surface area contributed by atoms with Crippen molar-refractivity contribution in [2.75, 3.05) is 4.90 Å². The third kappa shape index (κ3) is 2.72. The molecule has 0 aliphatic rings. The molecular formula is C28H17N3O2. The minimum absolute atomic E-state index is 0.633. The normalized spacial score (nSPS) is 11.6. The average molecular weight is 427 g/mol. The number of pyridine rings is 2. The first kappa shape index (κ1) is 18.0. The van der Waals surface area contributed by atoms with Gasteiger partial charge in [-0.2, -0.15) is 0 Å². The summed E-state index contributed by atoms with van der Waals surface area (Å²) in [7, 11) is 0. The molecule has 4 heterocycles. The lowest BCUT2D eigenvalue weighted by molar-refractivity contribution is 0.654. The highest BCUT2D eigenvalue weighted by atomic mass is 16.3. The maximum Gasteiger partial charge on any atom is 0.227 e. The van der Waals surface area contributed by atoms with Crippen LogP contribution in [0, 0.1) is 0 Å². The Morgan fingerprint density at radius 1 is 0.576 bits per heavy atom. The van der Waals surface area contributed by atoms with Crippen LogP contribution < -0.4 is 4.90 Å². The molecule has 0 saturated carbocycles. The van der Waals surface area contributed by atoms with Crippen LogP contribution in [0.25, 0.3) is 44.1 Å². The Bertz CT molecular complexity index is 1780. The molecule has 3 aromatic carbocycles. The first-order chi connectivity index (χ1) is 16.4. The first-order valence-electron chi connectivity index (χ1n) is 10.8. The Labute approximate surface area is 188 Å². The smallest absolute Gasteiger partial charge is 0.227 e. The summed E-state index contributed by atoms with van der Waals surface area (Å²) in [5.41, 5.74) is 6.97. The second-order valence-electron chi connectivity index (χ2n) is 7.91. The van der Waals surface area contributed by atoms with Gasteiger partial charge in [0.05, 0.1) is 16.5 Å². The van der Waals surface area contributed by atoms with Crippen LogP contribution in [0.5, 0.6) is 0 Å². The highest BCUT2D eigenvalue weighted by molar-refractivity contribution is 6.13.